The third-order valence-electron chi connectivity index (χ3n) is 1.63. The predicted molar refractivity (Wildman–Crippen MR) is 59.9 cm³/mol. The molecule has 15 heavy (non-hydrogen) atoms. The van der Waals surface area contributed by atoms with Crippen molar-refractivity contribution < 1.29 is 18.7 Å². The summed E-state index contributed by atoms with van der Waals surface area (Å²) in [6.07, 6.45) is 3.08. The topological polar surface area (TPSA) is 83.0 Å². The molecule has 0 aliphatic heterocycles. The van der Waals surface area contributed by atoms with Gasteiger partial charge in [0.2, 0.25) is 0 Å². The van der Waals surface area contributed by atoms with Gasteiger partial charge in [-0.3, -0.25) is 9.20 Å². The second kappa shape index (κ2) is 5.84. The van der Waals surface area contributed by atoms with Crippen molar-refractivity contribution in [3.05, 3.63) is 17.9 Å². The van der Waals surface area contributed by atoms with Gasteiger partial charge in [-0.05, 0) is 12.1 Å². The Labute approximate surface area is 90.4 Å². The van der Waals surface area contributed by atoms with Gasteiger partial charge in [0.05, 0.1) is 12.8 Å². The summed E-state index contributed by atoms with van der Waals surface area (Å²) in [5.41, 5.74) is 0.0792. The average molecular weight is 229 g/mol. The molecular formula is C8H12BNO4S. The molecule has 1 atom stereocenters. The molecule has 1 aromatic heterocycles. The summed E-state index contributed by atoms with van der Waals surface area (Å²) in [7, 11) is -2.45. The van der Waals surface area contributed by atoms with E-state index in [-0.39, 0.29) is 5.66 Å². The molecule has 1 aromatic rings. The maximum atomic E-state index is 10.7. The smallest absolute Gasteiger partial charge is 0.464 e. The number of hydrogen-bond donors (Lipinski definition) is 2. The highest BCUT2D eigenvalue weighted by atomic mass is 32.2. The van der Waals surface area contributed by atoms with Crippen molar-refractivity contribution in [2.45, 2.75) is 0 Å². The largest absolute Gasteiger partial charge is 0.526 e. The summed E-state index contributed by atoms with van der Waals surface area (Å²) in [6.45, 7) is 0.459. The molecule has 0 spiro atoms. The van der Waals surface area contributed by atoms with Gasteiger partial charge in [-0.1, -0.05) is 0 Å². The molecule has 1 unspecified atom stereocenters. The van der Waals surface area contributed by atoms with E-state index >= 15 is 0 Å². The van der Waals surface area contributed by atoms with Crippen molar-refractivity contribution >= 4 is 29.8 Å². The Hall–Kier alpha value is -0.915. The van der Waals surface area contributed by atoms with E-state index < -0.39 is 17.9 Å². The second-order valence-electron chi connectivity index (χ2n) is 2.93. The van der Waals surface area contributed by atoms with Crippen molar-refractivity contribution in [3.63, 3.8) is 0 Å². The molecule has 0 radical (unpaired) electrons. The van der Waals surface area contributed by atoms with Crippen LogP contribution in [0, 0.1) is 0 Å². The van der Waals surface area contributed by atoms with E-state index in [0.717, 1.165) is 0 Å². The van der Waals surface area contributed by atoms with Crippen LogP contribution < -0.4 is 5.66 Å². The van der Waals surface area contributed by atoms with Crippen molar-refractivity contribution in [1.82, 2.24) is 0 Å². The molecule has 1 heterocycles. The molecule has 7 heteroatoms. The first-order chi connectivity index (χ1) is 7.09. The normalized spacial score (nSPS) is 13.3. The van der Waals surface area contributed by atoms with E-state index in [1.807, 2.05) is 0 Å². The molecule has 0 aliphatic carbocycles. The van der Waals surface area contributed by atoms with Gasteiger partial charge in [0.25, 0.3) is 0 Å². The molecule has 0 saturated heterocycles. The highest BCUT2D eigenvalue weighted by Gasteiger charge is 2.14. The summed E-state index contributed by atoms with van der Waals surface area (Å²) in [5, 5.41) is 17.5. The standard InChI is InChI=1S/C8H12BNO4S/c1-15(13)5-4-10-6-7-2-3-8(14-7)9(11)12/h2-3,6,11-12H,4-5H2,1H3. The van der Waals surface area contributed by atoms with E-state index in [0.29, 0.717) is 18.1 Å². The van der Waals surface area contributed by atoms with Crippen LogP contribution in [0.2, 0.25) is 0 Å². The molecule has 82 valence electrons. The summed E-state index contributed by atoms with van der Waals surface area (Å²) in [5.74, 6) is 0.951. The van der Waals surface area contributed by atoms with E-state index in [1.165, 1.54) is 12.3 Å². The van der Waals surface area contributed by atoms with Crippen LogP contribution in [0.5, 0.6) is 0 Å². The quantitative estimate of drug-likeness (QED) is 0.488. The number of aliphatic imine (C=N–C) groups is 1. The minimum atomic E-state index is -1.60. The lowest BCUT2D eigenvalue weighted by Gasteiger charge is -1.91. The van der Waals surface area contributed by atoms with Crippen LogP contribution in [-0.2, 0) is 10.8 Å². The van der Waals surface area contributed by atoms with Gasteiger partial charge in [-0.25, -0.2) is 0 Å². The molecule has 0 aromatic carbocycles. The van der Waals surface area contributed by atoms with Gasteiger partial charge in [0.1, 0.15) is 11.4 Å². The summed E-state index contributed by atoms with van der Waals surface area (Å²) in [4.78, 5) is 3.98. The Morgan fingerprint density at radius 3 is 2.87 bits per heavy atom. The molecule has 2 N–H and O–H groups in total. The van der Waals surface area contributed by atoms with E-state index in [2.05, 4.69) is 4.99 Å². The zero-order chi connectivity index (χ0) is 11.3. The van der Waals surface area contributed by atoms with Crippen LogP contribution in [0.3, 0.4) is 0 Å². The minimum absolute atomic E-state index is 0.0792. The van der Waals surface area contributed by atoms with Gasteiger partial charge >= 0.3 is 7.12 Å². The third kappa shape index (κ3) is 4.41. The number of furan rings is 1. The van der Waals surface area contributed by atoms with Crippen LogP contribution >= 0.6 is 0 Å². The van der Waals surface area contributed by atoms with E-state index in [4.69, 9.17) is 14.5 Å². The maximum Gasteiger partial charge on any atom is 0.526 e. The SMILES string of the molecule is CS(=O)CCN=Cc1ccc(B(O)O)o1. The Morgan fingerprint density at radius 2 is 2.33 bits per heavy atom. The first kappa shape index (κ1) is 12.2. The minimum Gasteiger partial charge on any atom is -0.464 e. The van der Waals surface area contributed by atoms with Crippen LogP contribution in [-0.4, -0.2) is 46.1 Å². The molecule has 0 bridgehead atoms. The molecule has 5 nitrogen and oxygen atoms in total. The number of hydrogen-bond acceptors (Lipinski definition) is 5. The fourth-order valence-electron chi connectivity index (χ4n) is 0.912. The predicted octanol–water partition coefficient (Wildman–Crippen LogP) is -1.24. The van der Waals surface area contributed by atoms with Gasteiger partial charge < -0.3 is 14.5 Å². The number of nitrogens with zero attached hydrogens (tertiary/aromatic N) is 1. The fourth-order valence-corrected chi connectivity index (χ4v) is 1.27. The van der Waals surface area contributed by atoms with Gasteiger partial charge in [0.15, 0.2) is 0 Å². The van der Waals surface area contributed by atoms with E-state index in [1.54, 1.807) is 12.3 Å². The highest BCUT2D eigenvalue weighted by molar-refractivity contribution is 7.84. The Morgan fingerprint density at radius 1 is 1.60 bits per heavy atom. The average Bonchev–Trinajstić information content (AvgIpc) is 2.60. The summed E-state index contributed by atoms with van der Waals surface area (Å²) < 4.78 is 15.7. The molecule has 0 saturated carbocycles. The number of rotatable bonds is 5. The summed E-state index contributed by atoms with van der Waals surface area (Å²) in [6, 6.07) is 3.05. The maximum absolute atomic E-state index is 10.7. The first-order valence-electron chi connectivity index (χ1n) is 4.35. The Kier molecular flexibility index (Phi) is 4.74. The van der Waals surface area contributed by atoms with Crippen LogP contribution in [0.25, 0.3) is 0 Å². The molecule has 0 aliphatic rings. The Balaban J connectivity index is 2.46. The monoisotopic (exact) mass is 229 g/mol. The molecule has 0 amide bonds. The van der Waals surface area contributed by atoms with E-state index in [9.17, 15) is 4.21 Å². The zero-order valence-electron chi connectivity index (χ0n) is 8.29. The molecule has 1 rings (SSSR count). The van der Waals surface area contributed by atoms with Crippen LogP contribution in [0.1, 0.15) is 5.76 Å². The van der Waals surface area contributed by atoms with Crippen molar-refractivity contribution in [2.75, 3.05) is 18.6 Å². The van der Waals surface area contributed by atoms with Crippen molar-refractivity contribution in [3.8, 4) is 0 Å². The molecule has 0 fully saturated rings. The van der Waals surface area contributed by atoms with Crippen molar-refractivity contribution in [2.24, 2.45) is 4.99 Å². The van der Waals surface area contributed by atoms with Gasteiger partial charge in [0, 0.05) is 22.8 Å². The zero-order valence-corrected chi connectivity index (χ0v) is 9.11. The lowest BCUT2D eigenvalue weighted by Crippen LogP contribution is -2.27. The summed E-state index contributed by atoms with van der Waals surface area (Å²) >= 11 is 0. The molecular weight excluding hydrogens is 217 g/mol. The van der Waals surface area contributed by atoms with Crippen LogP contribution in [0.15, 0.2) is 21.5 Å². The second-order valence-corrected chi connectivity index (χ2v) is 4.48. The van der Waals surface area contributed by atoms with Crippen LogP contribution in [0.4, 0.5) is 0 Å². The third-order valence-corrected chi connectivity index (χ3v) is 2.39. The highest BCUT2D eigenvalue weighted by Crippen LogP contribution is 1.95. The first-order valence-corrected chi connectivity index (χ1v) is 6.08. The van der Waals surface area contributed by atoms with Gasteiger partial charge in [-0.2, -0.15) is 0 Å². The van der Waals surface area contributed by atoms with Gasteiger partial charge in [-0.15, -0.1) is 0 Å². The van der Waals surface area contributed by atoms with Crippen molar-refractivity contribution in [1.29, 1.82) is 0 Å². The fraction of sp³-hybridized carbons (Fsp3) is 0.375. The Bertz CT molecular complexity index is 363. The lowest BCUT2D eigenvalue weighted by atomic mass is 9.88. The lowest BCUT2D eigenvalue weighted by molar-refractivity contribution is 0.409.